The first-order chi connectivity index (χ1) is 12.6. The van der Waals surface area contributed by atoms with E-state index >= 15 is 0 Å². The second-order valence-electron chi connectivity index (χ2n) is 6.72. The Kier molecular flexibility index (Phi) is 10.8. The van der Waals surface area contributed by atoms with E-state index in [1.807, 2.05) is 26.0 Å². The summed E-state index contributed by atoms with van der Waals surface area (Å²) in [6, 6.07) is 6.08. The molecule has 0 aliphatic heterocycles. The van der Waals surface area contributed by atoms with Crippen molar-refractivity contribution in [3.05, 3.63) is 23.8 Å². The maximum absolute atomic E-state index is 10.2. The van der Waals surface area contributed by atoms with Crippen molar-refractivity contribution < 1.29 is 14.6 Å². The van der Waals surface area contributed by atoms with Crippen LogP contribution in [0.25, 0.3) is 0 Å². The number of halogens is 1. The van der Waals surface area contributed by atoms with Gasteiger partial charge in [-0.15, -0.1) is 24.0 Å². The molecule has 154 valence electrons. The van der Waals surface area contributed by atoms with Crippen LogP contribution in [0.5, 0.6) is 11.5 Å². The third-order valence-corrected chi connectivity index (χ3v) is 4.62. The molecule has 1 saturated carbocycles. The molecular formula is C20H34IN3O3. The van der Waals surface area contributed by atoms with Gasteiger partial charge in [0.1, 0.15) is 0 Å². The van der Waals surface area contributed by atoms with E-state index in [-0.39, 0.29) is 24.0 Å². The molecule has 27 heavy (non-hydrogen) atoms. The molecule has 1 aliphatic rings. The highest BCUT2D eigenvalue weighted by atomic mass is 127. The van der Waals surface area contributed by atoms with Gasteiger partial charge >= 0.3 is 0 Å². The van der Waals surface area contributed by atoms with Crippen LogP contribution in [0, 0.1) is 0 Å². The molecule has 2 rings (SSSR count). The van der Waals surface area contributed by atoms with Crippen molar-refractivity contribution in [2.75, 3.05) is 33.4 Å². The van der Waals surface area contributed by atoms with Crippen LogP contribution >= 0.6 is 24.0 Å². The molecule has 0 heterocycles. The predicted octanol–water partition coefficient (Wildman–Crippen LogP) is 3.11. The lowest BCUT2D eigenvalue weighted by atomic mass is 9.80. The largest absolute Gasteiger partial charge is 0.493 e. The zero-order valence-corrected chi connectivity index (χ0v) is 19.0. The van der Waals surface area contributed by atoms with Gasteiger partial charge in [-0.1, -0.05) is 6.07 Å². The number of ether oxygens (including phenoxy) is 2. The minimum absolute atomic E-state index is 0. The molecule has 1 fully saturated rings. The summed E-state index contributed by atoms with van der Waals surface area (Å²) in [5, 5.41) is 16.8. The highest BCUT2D eigenvalue weighted by Gasteiger charge is 2.34. The van der Waals surface area contributed by atoms with Gasteiger partial charge in [-0.25, -0.2) is 0 Å². The molecule has 0 saturated heterocycles. The number of aliphatic hydroxyl groups is 1. The quantitative estimate of drug-likeness (QED) is 0.203. The molecule has 0 atom stereocenters. The van der Waals surface area contributed by atoms with E-state index in [1.54, 1.807) is 7.11 Å². The molecule has 1 aromatic carbocycles. The first-order valence-corrected chi connectivity index (χ1v) is 9.64. The third-order valence-electron chi connectivity index (χ3n) is 4.62. The zero-order chi connectivity index (χ0) is 18.8. The lowest BCUT2D eigenvalue weighted by Crippen LogP contribution is -2.43. The summed E-state index contributed by atoms with van der Waals surface area (Å²) in [6.45, 7) is 6.73. The summed E-state index contributed by atoms with van der Waals surface area (Å²) < 4.78 is 11.0. The smallest absolute Gasteiger partial charge is 0.191 e. The number of hydrogen-bond donors (Lipinski definition) is 3. The standard InChI is InChI=1S/C20H33N3O3.HI/c1-4-21-19(23-15-20(24)11-7-12-20)22-13-6-8-16-9-10-17(25-3)18(14-16)26-5-2;/h9-10,14,24H,4-8,11-13,15H2,1-3H3,(H2,21,22,23);1H. The summed E-state index contributed by atoms with van der Waals surface area (Å²) >= 11 is 0. The Morgan fingerprint density at radius 3 is 2.59 bits per heavy atom. The fourth-order valence-corrected chi connectivity index (χ4v) is 2.96. The summed E-state index contributed by atoms with van der Waals surface area (Å²) in [7, 11) is 1.66. The first-order valence-electron chi connectivity index (χ1n) is 9.64. The van der Waals surface area contributed by atoms with Crippen molar-refractivity contribution in [3.63, 3.8) is 0 Å². The van der Waals surface area contributed by atoms with Crippen LogP contribution in [0.15, 0.2) is 23.2 Å². The van der Waals surface area contributed by atoms with Crippen LogP contribution in [0.3, 0.4) is 0 Å². The Morgan fingerprint density at radius 1 is 1.22 bits per heavy atom. The maximum Gasteiger partial charge on any atom is 0.191 e. The van der Waals surface area contributed by atoms with Gasteiger partial charge in [-0.05, 0) is 63.6 Å². The molecule has 6 nitrogen and oxygen atoms in total. The number of methoxy groups -OCH3 is 1. The number of aryl methyl sites for hydroxylation is 1. The molecule has 1 aliphatic carbocycles. The predicted molar refractivity (Wildman–Crippen MR) is 121 cm³/mol. The van der Waals surface area contributed by atoms with Gasteiger partial charge in [0.05, 0.1) is 25.9 Å². The fraction of sp³-hybridized carbons (Fsp3) is 0.650. The topological polar surface area (TPSA) is 75.1 Å². The van der Waals surface area contributed by atoms with Gasteiger partial charge in [0.25, 0.3) is 0 Å². The van der Waals surface area contributed by atoms with Crippen LogP contribution in [-0.2, 0) is 6.42 Å². The van der Waals surface area contributed by atoms with E-state index in [4.69, 9.17) is 9.47 Å². The van der Waals surface area contributed by atoms with E-state index < -0.39 is 5.60 Å². The minimum atomic E-state index is -0.582. The lowest BCUT2D eigenvalue weighted by Gasteiger charge is -2.35. The normalized spacial score (nSPS) is 15.3. The van der Waals surface area contributed by atoms with Gasteiger partial charge in [0, 0.05) is 13.1 Å². The monoisotopic (exact) mass is 491 g/mol. The number of rotatable bonds is 10. The average molecular weight is 491 g/mol. The summed E-state index contributed by atoms with van der Waals surface area (Å²) in [4.78, 5) is 4.52. The molecule has 1 aromatic rings. The second-order valence-corrected chi connectivity index (χ2v) is 6.72. The number of nitrogens with zero attached hydrogens (tertiary/aromatic N) is 1. The maximum atomic E-state index is 10.2. The fourth-order valence-electron chi connectivity index (χ4n) is 2.96. The van der Waals surface area contributed by atoms with Crippen molar-refractivity contribution in [1.29, 1.82) is 0 Å². The molecule has 0 aromatic heterocycles. The summed E-state index contributed by atoms with van der Waals surface area (Å²) in [6.07, 6.45) is 4.74. The third kappa shape index (κ3) is 7.73. The molecule has 0 bridgehead atoms. The number of aliphatic imine (C=N–C) groups is 1. The van der Waals surface area contributed by atoms with E-state index in [2.05, 4.69) is 21.7 Å². The van der Waals surface area contributed by atoms with Gasteiger partial charge in [0.2, 0.25) is 0 Å². The molecule has 3 N–H and O–H groups in total. The number of benzene rings is 1. The molecule has 0 radical (unpaired) electrons. The number of guanidine groups is 1. The number of nitrogens with one attached hydrogen (secondary N) is 2. The van der Waals surface area contributed by atoms with Crippen LogP contribution < -0.4 is 20.1 Å². The Bertz CT molecular complexity index is 592. The Balaban J connectivity index is 0.00000364. The Hall–Kier alpha value is -1.22. The Labute approximate surface area is 180 Å². The van der Waals surface area contributed by atoms with Gasteiger partial charge in [-0.2, -0.15) is 0 Å². The summed E-state index contributed by atoms with van der Waals surface area (Å²) in [5.41, 5.74) is 0.642. The molecule has 7 heteroatoms. The summed E-state index contributed by atoms with van der Waals surface area (Å²) in [5.74, 6) is 2.34. The molecule has 0 unspecified atom stereocenters. The van der Waals surface area contributed by atoms with Crippen molar-refractivity contribution in [2.45, 2.75) is 51.6 Å². The van der Waals surface area contributed by atoms with Gasteiger partial charge in [0.15, 0.2) is 17.5 Å². The lowest BCUT2D eigenvalue weighted by molar-refractivity contribution is -0.0236. The second kappa shape index (κ2) is 12.3. The van der Waals surface area contributed by atoms with Crippen molar-refractivity contribution in [1.82, 2.24) is 10.6 Å². The van der Waals surface area contributed by atoms with Gasteiger partial charge in [-0.3, -0.25) is 4.99 Å². The van der Waals surface area contributed by atoms with Crippen LogP contribution in [0.2, 0.25) is 0 Å². The highest BCUT2D eigenvalue weighted by Crippen LogP contribution is 2.31. The minimum Gasteiger partial charge on any atom is -0.493 e. The van der Waals surface area contributed by atoms with Crippen LogP contribution in [0.4, 0.5) is 0 Å². The van der Waals surface area contributed by atoms with Gasteiger partial charge < -0.3 is 25.2 Å². The zero-order valence-electron chi connectivity index (χ0n) is 16.7. The van der Waals surface area contributed by atoms with Crippen molar-refractivity contribution in [2.24, 2.45) is 4.99 Å². The van der Waals surface area contributed by atoms with Crippen LogP contribution in [0.1, 0.15) is 45.1 Å². The van der Waals surface area contributed by atoms with E-state index in [9.17, 15) is 5.11 Å². The van der Waals surface area contributed by atoms with E-state index in [1.165, 1.54) is 5.56 Å². The van der Waals surface area contributed by atoms with Crippen LogP contribution in [-0.4, -0.2) is 50.0 Å². The highest BCUT2D eigenvalue weighted by molar-refractivity contribution is 14.0. The SMILES string of the molecule is CCNC(=NCC1(O)CCC1)NCCCc1ccc(OC)c(OCC)c1.I. The number of hydrogen-bond acceptors (Lipinski definition) is 4. The molecule has 0 amide bonds. The van der Waals surface area contributed by atoms with E-state index in [0.29, 0.717) is 13.2 Å². The average Bonchev–Trinajstić information content (AvgIpc) is 2.62. The molecule has 0 spiro atoms. The van der Waals surface area contributed by atoms with Crippen molar-refractivity contribution >= 4 is 29.9 Å². The molecular weight excluding hydrogens is 457 g/mol. The van der Waals surface area contributed by atoms with Crippen molar-refractivity contribution in [3.8, 4) is 11.5 Å². The van der Waals surface area contributed by atoms with E-state index in [0.717, 1.165) is 62.7 Å². The first kappa shape index (κ1) is 23.8. The Morgan fingerprint density at radius 2 is 2.00 bits per heavy atom.